The second kappa shape index (κ2) is 12.1. The lowest BCUT2D eigenvalue weighted by Crippen LogP contribution is -2.25. The van der Waals surface area contributed by atoms with Gasteiger partial charge in [0.1, 0.15) is 0 Å². The number of hydrogen-bond donors (Lipinski definition) is 2. The minimum atomic E-state index is -0.0901. The van der Waals surface area contributed by atoms with Crippen molar-refractivity contribution in [3.8, 4) is 0 Å². The van der Waals surface area contributed by atoms with E-state index in [1.165, 1.54) is 0 Å². The molecule has 0 saturated heterocycles. The number of carbonyl (C=O) groups is 2. The van der Waals surface area contributed by atoms with Gasteiger partial charge in [0.25, 0.3) is 0 Å². The molecule has 5 heteroatoms. The maximum atomic E-state index is 11.2. The Kier molecular flexibility index (Phi) is 11.2. The molecule has 0 bridgehead atoms. The highest BCUT2D eigenvalue weighted by Crippen LogP contribution is 1.94. The summed E-state index contributed by atoms with van der Waals surface area (Å²) in [7, 11) is 0. The van der Waals surface area contributed by atoms with E-state index >= 15 is 0 Å². The minimum Gasteiger partial charge on any atom is -0.381 e. The third kappa shape index (κ3) is 11.9. The van der Waals surface area contributed by atoms with Crippen molar-refractivity contribution < 1.29 is 14.3 Å². The van der Waals surface area contributed by atoms with E-state index in [4.69, 9.17) is 4.74 Å². The van der Waals surface area contributed by atoms with Crippen LogP contribution in [0, 0.1) is 0 Å². The molecular formula is C16H28N2O3. The van der Waals surface area contributed by atoms with Gasteiger partial charge >= 0.3 is 0 Å². The summed E-state index contributed by atoms with van der Waals surface area (Å²) in [5.74, 6) is -0.180. The van der Waals surface area contributed by atoms with E-state index in [2.05, 4.69) is 23.8 Å². The molecule has 0 spiro atoms. The van der Waals surface area contributed by atoms with Crippen LogP contribution in [0.4, 0.5) is 0 Å². The van der Waals surface area contributed by atoms with Gasteiger partial charge in [-0.25, -0.2) is 0 Å². The van der Waals surface area contributed by atoms with Gasteiger partial charge in [0.15, 0.2) is 0 Å². The summed E-state index contributed by atoms with van der Waals surface area (Å²) in [5.41, 5.74) is 1.06. The van der Waals surface area contributed by atoms with Gasteiger partial charge in [0, 0.05) is 37.4 Å². The summed E-state index contributed by atoms with van der Waals surface area (Å²) in [5, 5.41) is 5.56. The van der Waals surface area contributed by atoms with Crippen LogP contribution >= 0.6 is 0 Å². The van der Waals surface area contributed by atoms with Gasteiger partial charge in [0.2, 0.25) is 11.8 Å². The first-order chi connectivity index (χ1) is 9.95. The molecule has 21 heavy (non-hydrogen) atoms. The van der Waals surface area contributed by atoms with Gasteiger partial charge in [-0.05, 0) is 39.5 Å². The first kappa shape index (κ1) is 19.4. The summed E-state index contributed by atoms with van der Waals surface area (Å²) >= 11 is 0. The molecule has 120 valence electrons. The largest absolute Gasteiger partial charge is 0.381 e. The van der Waals surface area contributed by atoms with Gasteiger partial charge in [0.05, 0.1) is 0 Å². The molecule has 5 nitrogen and oxygen atoms in total. The molecule has 0 aromatic rings. The van der Waals surface area contributed by atoms with Crippen LogP contribution in [0.2, 0.25) is 0 Å². The molecular weight excluding hydrogens is 268 g/mol. The van der Waals surface area contributed by atoms with Crippen LogP contribution in [0.3, 0.4) is 0 Å². The van der Waals surface area contributed by atoms with E-state index in [0.717, 1.165) is 25.7 Å². The van der Waals surface area contributed by atoms with E-state index in [0.29, 0.717) is 37.4 Å². The highest BCUT2D eigenvalue weighted by atomic mass is 16.5. The topological polar surface area (TPSA) is 67.4 Å². The van der Waals surface area contributed by atoms with Crippen LogP contribution in [0.1, 0.15) is 39.5 Å². The average molecular weight is 296 g/mol. The highest BCUT2D eigenvalue weighted by Gasteiger charge is 2.00. The maximum absolute atomic E-state index is 11.2. The third-order valence-corrected chi connectivity index (χ3v) is 2.78. The van der Waals surface area contributed by atoms with Gasteiger partial charge in [-0.2, -0.15) is 0 Å². The first-order valence-corrected chi connectivity index (χ1v) is 7.40. The molecule has 0 atom stereocenters. The Labute approximate surface area is 127 Å². The Morgan fingerprint density at radius 3 is 1.52 bits per heavy atom. The van der Waals surface area contributed by atoms with Crippen molar-refractivity contribution >= 4 is 11.8 Å². The van der Waals surface area contributed by atoms with Crippen molar-refractivity contribution in [1.82, 2.24) is 10.6 Å². The predicted octanol–water partition coefficient (Wildman–Crippen LogP) is 1.95. The van der Waals surface area contributed by atoms with Crippen LogP contribution in [0.15, 0.2) is 24.3 Å². The predicted molar refractivity (Wildman–Crippen MR) is 84.9 cm³/mol. The second-order valence-corrected chi connectivity index (χ2v) is 5.10. The number of hydrogen-bond acceptors (Lipinski definition) is 3. The molecule has 2 amide bonds. The number of amides is 2. The van der Waals surface area contributed by atoms with Crippen molar-refractivity contribution in [3.63, 3.8) is 0 Å². The summed E-state index contributed by atoms with van der Waals surface area (Å²) in [6, 6.07) is 0. The Hall–Kier alpha value is -1.62. The Morgan fingerprint density at radius 2 is 1.19 bits per heavy atom. The molecule has 0 radical (unpaired) electrons. The van der Waals surface area contributed by atoms with E-state index < -0.39 is 0 Å². The van der Waals surface area contributed by atoms with Gasteiger partial charge < -0.3 is 15.4 Å². The number of unbranched alkanes of at least 4 members (excludes halogenated alkanes) is 2. The van der Waals surface area contributed by atoms with E-state index in [1.807, 2.05) is 0 Å². The molecule has 0 aliphatic rings. The normalized spacial score (nSPS) is 10.0. The van der Waals surface area contributed by atoms with Crippen LogP contribution in [-0.2, 0) is 14.3 Å². The zero-order chi connectivity index (χ0) is 16.1. The lowest BCUT2D eigenvalue weighted by molar-refractivity contribution is -0.118. The van der Waals surface area contributed by atoms with Crippen LogP contribution in [0.5, 0.6) is 0 Å². The summed E-state index contributed by atoms with van der Waals surface area (Å²) in [6.07, 6.45) is 3.63. The Balaban J connectivity index is 3.23. The molecule has 0 aliphatic carbocycles. The quantitative estimate of drug-likeness (QED) is 0.427. The molecule has 0 rings (SSSR count). The molecule has 0 aliphatic heterocycles. The monoisotopic (exact) mass is 296 g/mol. The number of nitrogens with one attached hydrogen (secondary N) is 2. The van der Waals surface area contributed by atoms with Gasteiger partial charge in [-0.15, -0.1) is 0 Å². The summed E-state index contributed by atoms with van der Waals surface area (Å²) in [4.78, 5) is 22.4. The highest BCUT2D eigenvalue weighted by molar-refractivity contribution is 5.92. The standard InChI is InChI=1S/C16H28N2O3/c1-13(2)15(19)17-9-5-7-11-21-12-8-6-10-18-16(20)14(3)4/h1,3,5-12H2,2,4H3,(H,17,19)(H,18,20). The zero-order valence-electron chi connectivity index (χ0n) is 13.3. The second-order valence-electron chi connectivity index (χ2n) is 5.10. The fraction of sp³-hybridized carbons (Fsp3) is 0.625. The average Bonchev–Trinajstić information content (AvgIpc) is 2.43. The lowest BCUT2D eigenvalue weighted by atomic mass is 10.3. The third-order valence-electron chi connectivity index (χ3n) is 2.78. The summed E-state index contributed by atoms with van der Waals surface area (Å²) < 4.78 is 5.48. The van der Waals surface area contributed by atoms with Crippen molar-refractivity contribution in [3.05, 3.63) is 24.3 Å². The smallest absolute Gasteiger partial charge is 0.246 e. The van der Waals surface area contributed by atoms with Crippen molar-refractivity contribution in [1.29, 1.82) is 0 Å². The van der Waals surface area contributed by atoms with E-state index in [1.54, 1.807) is 13.8 Å². The lowest BCUT2D eigenvalue weighted by Gasteiger charge is -2.07. The van der Waals surface area contributed by atoms with Crippen molar-refractivity contribution in [2.24, 2.45) is 0 Å². The zero-order valence-corrected chi connectivity index (χ0v) is 13.3. The maximum Gasteiger partial charge on any atom is 0.246 e. The van der Waals surface area contributed by atoms with Gasteiger partial charge in [-0.3, -0.25) is 9.59 Å². The molecule has 0 unspecified atom stereocenters. The van der Waals surface area contributed by atoms with Crippen LogP contribution < -0.4 is 10.6 Å². The molecule has 0 fully saturated rings. The van der Waals surface area contributed by atoms with Crippen molar-refractivity contribution in [2.75, 3.05) is 26.3 Å². The Morgan fingerprint density at radius 1 is 0.810 bits per heavy atom. The number of carbonyl (C=O) groups excluding carboxylic acids is 2. The van der Waals surface area contributed by atoms with E-state index in [-0.39, 0.29) is 11.8 Å². The van der Waals surface area contributed by atoms with Crippen molar-refractivity contribution in [2.45, 2.75) is 39.5 Å². The fourth-order valence-electron chi connectivity index (χ4n) is 1.47. The summed E-state index contributed by atoms with van der Waals surface area (Å²) in [6.45, 7) is 13.2. The first-order valence-electron chi connectivity index (χ1n) is 7.40. The molecule has 0 aromatic carbocycles. The van der Waals surface area contributed by atoms with Crippen LogP contribution in [-0.4, -0.2) is 38.1 Å². The minimum absolute atomic E-state index is 0.0901. The molecule has 0 saturated carbocycles. The van der Waals surface area contributed by atoms with Gasteiger partial charge in [-0.1, -0.05) is 13.2 Å². The van der Waals surface area contributed by atoms with Crippen LogP contribution in [0.25, 0.3) is 0 Å². The number of ether oxygens (including phenoxy) is 1. The SMILES string of the molecule is C=C(C)C(=O)NCCCCOCCCCNC(=O)C(=C)C. The molecule has 2 N–H and O–H groups in total. The van der Waals surface area contributed by atoms with E-state index in [9.17, 15) is 9.59 Å². The fourth-order valence-corrected chi connectivity index (χ4v) is 1.47. The molecule has 0 heterocycles. The Bertz CT molecular complexity index is 331. The number of rotatable bonds is 12. The molecule has 0 aromatic heterocycles.